The fourth-order valence-electron chi connectivity index (χ4n) is 5.60. The minimum absolute atomic E-state index is 0.0197. The number of carbonyl (C=O) groups excluding carboxylic acids is 2. The quantitative estimate of drug-likeness (QED) is 0.593. The first kappa shape index (κ1) is 23.3. The van der Waals surface area contributed by atoms with Crippen molar-refractivity contribution in [2.45, 2.75) is 58.2 Å². The standard InChI is InChI=1S/C28H33N3O4/c1-16(2)30-15-24(32)31-14-20(18-11-12-22(35-17(3)4)23(13-18)34-6)25-19-9-7-8-10-21(19)29-26(25)28(31,5)27(30)33/h7-13,16-17,20,29H,14-15H2,1-6H3. The maximum Gasteiger partial charge on any atom is 0.255 e. The van der Waals surface area contributed by atoms with Crippen molar-refractivity contribution in [3.8, 4) is 11.5 Å². The Morgan fingerprint density at radius 2 is 1.80 bits per heavy atom. The number of nitrogens with zero attached hydrogens (tertiary/aromatic N) is 2. The summed E-state index contributed by atoms with van der Waals surface area (Å²) in [7, 11) is 1.63. The molecule has 7 nitrogen and oxygen atoms in total. The summed E-state index contributed by atoms with van der Waals surface area (Å²) in [5.74, 6) is 1.12. The van der Waals surface area contributed by atoms with Crippen molar-refractivity contribution >= 4 is 22.7 Å². The van der Waals surface area contributed by atoms with Crippen LogP contribution in [0.4, 0.5) is 0 Å². The van der Waals surface area contributed by atoms with Crippen molar-refractivity contribution < 1.29 is 19.1 Å². The summed E-state index contributed by atoms with van der Waals surface area (Å²) < 4.78 is 11.6. The van der Waals surface area contributed by atoms with Crippen LogP contribution in [-0.2, 0) is 15.1 Å². The zero-order valence-electron chi connectivity index (χ0n) is 21.2. The number of aromatic amines is 1. The van der Waals surface area contributed by atoms with Gasteiger partial charge in [0, 0.05) is 29.4 Å². The van der Waals surface area contributed by atoms with E-state index in [4.69, 9.17) is 9.47 Å². The monoisotopic (exact) mass is 475 g/mol. The van der Waals surface area contributed by atoms with Gasteiger partial charge in [-0.2, -0.15) is 0 Å². The van der Waals surface area contributed by atoms with Gasteiger partial charge in [0.1, 0.15) is 6.54 Å². The van der Waals surface area contributed by atoms with E-state index in [-0.39, 0.29) is 36.4 Å². The van der Waals surface area contributed by atoms with E-state index in [1.807, 2.05) is 71.0 Å². The first-order valence-electron chi connectivity index (χ1n) is 12.2. The van der Waals surface area contributed by atoms with Gasteiger partial charge in [0.25, 0.3) is 5.91 Å². The second-order valence-electron chi connectivity index (χ2n) is 10.2. The maximum absolute atomic E-state index is 13.9. The fourth-order valence-corrected chi connectivity index (χ4v) is 5.60. The van der Waals surface area contributed by atoms with Crippen LogP contribution in [0.1, 0.15) is 57.4 Å². The summed E-state index contributed by atoms with van der Waals surface area (Å²) in [5.41, 5.74) is 2.73. The Hall–Kier alpha value is -3.48. The number of fused-ring (bicyclic) bond motifs is 5. The minimum atomic E-state index is -1.09. The van der Waals surface area contributed by atoms with Crippen LogP contribution in [0.15, 0.2) is 42.5 Å². The summed E-state index contributed by atoms with van der Waals surface area (Å²) in [6.07, 6.45) is 0.0197. The van der Waals surface area contributed by atoms with E-state index < -0.39 is 5.54 Å². The highest BCUT2D eigenvalue weighted by molar-refractivity contribution is 6.01. The van der Waals surface area contributed by atoms with Crippen molar-refractivity contribution in [3.63, 3.8) is 0 Å². The van der Waals surface area contributed by atoms with E-state index in [0.717, 1.165) is 27.7 Å². The van der Waals surface area contributed by atoms with Crippen molar-refractivity contribution in [1.29, 1.82) is 0 Å². The number of ether oxygens (including phenoxy) is 2. The van der Waals surface area contributed by atoms with Crippen molar-refractivity contribution in [2.24, 2.45) is 0 Å². The van der Waals surface area contributed by atoms with Gasteiger partial charge in [-0.1, -0.05) is 24.3 Å². The summed E-state index contributed by atoms with van der Waals surface area (Å²) in [5, 5.41) is 1.07. The third-order valence-corrected chi connectivity index (χ3v) is 7.35. The first-order valence-corrected chi connectivity index (χ1v) is 12.2. The number of hydrogen-bond acceptors (Lipinski definition) is 4. The maximum atomic E-state index is 13.9. The second-order valence-corrected chi connectivity index (χ2v) is 10.2. The number of benzene rings is 2. The Morgan fingerprint density at radius 1 is 1.06 bits per heavy atom. The van der Waals surface area contributed by atoms with Crippen LogP contribution in [0, 0.1) is 0 Å². The molecule has 184 valence electrons. The number of rotatable bonds is 5. The van der Waals surface area contributed by atoms with E-state index in [0.29, 0.717) is 18.0 Å². The van der Waals surface area contributed by atoms with E-state index >= 15 is 0 Å². The summed E-state index contributed by atoms with van der Waals surface area (Å²) in [6.45, 7) is 10.3. The van der Waals surface area contributed by atoms with Gasteiger partial charge in [-0.25, -0.2) is 0 Å². The molecule has 1 N–H and O–H groups in total. The normalized spacial score (nSPS) is 22.1. The van der Waals surface area contributed by atoms with Gasteiger partial charge in [0.15, 0.2) is 17.0 Å². The third kappa shape index (κ3) is 3.48. The predicted octanol–water partition coefficient (Wildman–Crippen LogP) is 4.40. The molecule has 0 radical (unpaired) electrons. The molecular weight excluding hydrogens is 442 g/mol. The lowest BCUT2D eigenvalue weighted by molar-refractivity contribution is -0.168. The molecule has 2 atom stereocenters. The molecule has 7 heteroatoms. The Kier molecular flexibility index (Phi) is 5.54. The number of nitrogens with one attached hydrogen (secondary N) is 1. The highest BCUT2D eigenvalue weighted by Crippen LogP contribution is 2.49. The average molecular weight is 476 g/mol. The Morgan fingerprint density at radius 3 is 2.49 bits per heavy atom. The molecule has 0 aliphatic carbocycles. The summed E-state index contributed by atoms with van der Waals surface area (Å²) in [4.78, 5) is 34.3. The molecule has 2 aliphatic heterocycles. The Balaban J connectivity index is 1.72. The van der Waals surface area contributed by atoms with Gasteiger partial charge in [0.2, 0.25) is 5.91 Å². The molecule has 0 saturated carbocycles. The highest BCUT2D eigenvalue weighted by atomic mass is 16.5. The molecular formula is C28H33N3O4. The summed E-state index contributed by atoms with van der Waals surface area (Å²) >= 11 is 0. The molecule has 1 aromatic heterocycles. The molecule has 5 rings (SSSR count). The number of aromatic nitrogens is 1. The number of hydrogen-bond donors (Lipinski definition) is 1. The van der Waals surface area contributed by atoms with Gasteiger partial charge in [-0.15, -0.1) is 0 Å². The highest BCUT2D eigenvalue weighted by Gasteiger charge is 2.56. The zero-order chi connectivity index (χ0) is 25.1. The van der Waals surface area contributed by atoms with Gasteiger partial charge in [-0.3, -0.25) is 9.59 Å². The van der Waals surface area contributed by atoms with Crippen LogP contribution in [-0.4, -0.2) is 58.9 Å². The largest absolute Gasteiger partial charge is 0.493 e. The number of carbonyl (C=O) groups is 2. The number of methoxy groups -OCH3 is 1. The number of amides is 2. The minimum Gasteiger partial charge on any atom is -0.493 e. The molecule has 3 heterocycles. The topological polar surface area (TPSA) is 74.9 Å². The van der Waals surface area contributed by atoms with Crippen LogP contribution in [0.5, 0.6) is 11.5 Å². The van der Waals surface area contributed by atoms with Crippen molar-refractivity contribution in [3.05, 3.63) is 59.3 Å². The van der Waals surface area contributed by atoms with E-state index in [2.05, 4.69) is 11.1 Å². The van der Waals surface area contributed by atoms with Crippen LogP contribution >= 0.6 is 0 Å². The van der Waals surface area contributed by atoms with Crippen LogP contribution in [0.3, 0.4) is 0 Å². The van der Waals surface area contributed by atoms with Gasteiger partial charge >= 0.3 is 0 Å². The Bertz CT molecular complexity index is 1310. The molecule has 0 bridgehead atoms. The van der Waals surface area contributed by atoms with Crippen molar-refractivity contribution in [1.82, 2.24) is 14.8 Å². The average Bonchev–Trinajstić information content (AvgIpc) is 3.22. The molecule has 1 fully saturated rings. The van der Waals surface area contributed by atoms with E-state index in [1.165, 1.54) is 0 Å². The predicted molar refractivity (Wildman–Crippen MR) is 135 cm³/mol. The lowest BCUT2D eigenvalue weighted by Gasteiger charge is -2.52. The Labute approximate surface area is 206 Å². The lowest BCUT2D eigenvalue weighted by atomic mass is 9.76. The molecule has 2 amide bonds. The van der Waals surface area contributed by atoms with Gasteiger partial charge in [-0.05, 0) is 63.9 Å². The summed E-state index contributed by atoms with van der Waals surface area (Å²) in [6, 6.07) is 14.0. The molecule has 3 aromatic rings. The SMILES string of the molecule is COc1cc(C2CN3C(=O)CN(C(C)C)C(=O)C3(C)c3[nH]c4ccccc4c32)ccc1OC(C)C. The number of piperazine rings is 1. The zero-order valence-corrected chi connectivity index (χ0v) is 21.2. The smallest absolute Gasteiger partial charge is 0.255 e. The van der Waals surface area contributed by atoms with E-state index in [1.54, 1.807) is 16.9 Å². The first-order chi connectivity index (χ1) is 16.7. The van der Waals surface area contributed by atoms with E-state index in [9.17, 15) is 9.59 Å². The third-order valence-electron chi connectivity index (χ3n) is 7.35. The fraction of sp³-hybridized carbons (Fsp3) is 0.429. The van der Waals surface area contributed by atoms with Gasteiger partial charge in [0.05, 0.1) is 18.9 Å². The number of para-hydroxylation sites is 1. The number of H-pyrrole nitrogens is 1. The molecule has 2 aliphatic rings. The molecule has 0 spiro atoms. The second kappa shape index (κ2) is 8.33. The molecule has 35 heavy (non-hydrogen) atoms. The lowest BCUT2D eigenvalue weighted by Crippen LogP contribution is -2.68. The van der Waals surface area contributed by atoms with Crippen LogP contribution in [0.25, 0.3) is 10.9 Å². The van der Waals surface area contributed by atoms with Gasteiger partial charge < -0.3 is 24.3 Å². The molecule has 2 unspecified atom stereocenters. The molecule has 1 saturated heterocycles. The van der Waals surface area contributed by atoms with Crippen molar-refractivity contribution in [2.75, 3.05) is 20.2 Å². The van der Waals surface area contributed by atoms with Crippen LogP contribution in [0.2, 0.25) is 0 Å². The molecule has 2 aromatic carbocycles. The van der Waals surface area contributed by atoms with Crippen LogP contribution < -0.4 is 9.47 Å².